The Kier molecular flexibility index (Phi) is 4.64. The van der Waals surface area contributed by atoms with E-state index in [0.717, 1.165) is 10.7 Å². The van der Waals surface area contributed by atoms with Gasteiger partial charge >= 0.3 is 0 Å². The number of aromatic amines is 1. The number of H-pyrrole nitrogens is 1. The first-order chi connectivity index (χ1) is 11.9. The maximum Gasteiger partial charge on any atom is 0.257 e. The maximum atomic E-state index is 12.6. The van der Waals surface area contributed by atoms with Crippen LogP contribution in [-0.4, -0.2) is 41.2 Å². The lowest BCUT2D eigenvalue weighted by atomic mass is 10.1. The zero-order valence-electron chi connectivity index (χ0n) is 12.9. The number of hydrogen-bond acceptors (Lipinski definition) is 6. The van der Waals surface area contributed by atoms with Crippen LogP contribution in [0.15, 0.2) is 51.8 Å². The van der Waals surface area contributed by atoms with Gasteiger partial charge in [-0.1, -0.05) is 28.1 Å². The van der Waals surface area contributed by atoms with E-state index >= 15 is 0 Å². The van der Waals surface area contributed by atoms with Gasteiger partial charge < -0.3 is 5.32 Å². The van der Waals surface area contributed by atoms with E-state index in [1.54, 1.807) is 30.3 Å². The summed E-state index contributed by atoms with van der Waals surface area (Å²) in [6, 6.07) is 11.1. The molecule has 1 aromatic heterocycles. The Hall–Kier alpha value is -2.59. The van der Waals surface area contributed by atoms with Crippen LogP contribution in [0.1, 0.15) is 10.4 Å². The van der Waals surface area contributed by atoms with Crippen molar-refractivity contribution < 1.29 is 13.2 Å². The van der Waals surface area contributed by atoms with E-state index in [-0.39, 0.29) is 10.5 Å². The van der Waals surface area contributed by atoms with Crippen molar-refractivity contribution in [3.63, 3.8) is 0 Å². The van der Waals surface area contributed by atoms with Crippen LogP contribution in [0.2, 0.25) is 0 Å². The number of aromatic nitrogens is 4. The molecule has 128 valence electrons. The molecule has 0 bridgehead atoms. The molecule has 2 aromatic carbocycles. The van der Waals surface area contributed by atoms with E-state index in [0.29, 0.717) is 17.1 Å². The fourth-order valence-corrected chi connectivity index (χ4v) is 3.50. The monoisotopic (exact) mass is 421 g/mol. The number of tetrazole rings is 1. The highest BCUT2D eigenvalue weighted by Gasteiger charge is 2.20. The number of anilines is 1. The van der Waals surface area contributed by atoms with Crippen LogP contribution in [0, 0.1) is 0 Å². The summed E-state index contributed by atoms with van der Waals surface area (Å²) in [5.41, 5.74) is 1.03. The van der Waals surface area contributed by atoms with Crippen molar-refractivity contribution in [1.82, 2.24) is 20.6 Å². The first kappa shape index (κ1) is 17.2. The van der Waals surface area contributed by atoms with Gasteiger partial charge in [-0.05, 0) is 35.5 Å². The Labute approximate surface area is 151 Å². The van der Waals surface area contributed by atoms with Crippen molar-refractivity contribution in [2.24, 2.45) is 0 Å². The number of carbonyl (C=O) groups excluding carboxylic acids is 1. The van der Waals surface area contributed by atoms with E-state index in [2.05, 4.69) is 41.9 Å². The normalized spacial score (nSPS) is 11.3. The van der Waals surface area contributed by atoms with Crippen LogP contribution in [-0.2, 0) is 9.84 Å². The van der Waals surface area contributed by atoms with Crippen LogP contribution >= 0.6 is 15.9 Å². The van der Waals surface area contributed by atoms with Gasteiger partial charge in [-0.2, -0.15) is 5.21 Å². The average Bonchev–Trinajstić information content (AvgIpc) is 3.10. The second kappa shape index (κ2) is 6.73. The Balaban J connectivity index is 2.01. The number of nitrogens with zero attached hydrogens (tertiary/aromatic N) is 3. The number of hydrogen-bond donors (Lipinski definition) is 2. The third-order valence-corrected chi connectivity index (χ3v) is 5.00. The topological polar surface area (TPSA) is 118 Å². The minimum Gasteiger partial charge on any atom is -0.321 e. The molecule has 10 heteroatoms. The highest BCUT2D eigenvalue weighted by molar-refractivity contribution is 9.10. The van der Waals surface area contributed by atoms with E-state index < -0.39 is 15.7 Å². The number of nitrogens with one attached hydrogen (secondary N) is 2. The zero-order valence-corrected chi connectivity index (χ0v) is 15.3. The minimum absolute atomic E-state index is 0.0364. The Morgan fingerprint density at radius 2 is 1.96 bits per heavy atom. The summed E-state index contributed by atoms with van der Waals surface area (Å²) in [6.45, 7) is 0. The highest BCUT2D eigenvalue weighted by Crippen LogP contribution is 2.29. The second-order valence-electron chi connectivity index (χ2n) is 5.15. The smallest absolute Gasteiger partial charge is 0.257 e. The van der Waals surface area contributed by atoms with E-state index in [4.69, 9.17) is 0 Å². The van der Waals surface area contributed by atoms with Gasteiger partial charge in [0.2, 0.25) is 5.82 Å². The summed E-state index contributed by atoms with van der Waals surface area (Å²) >= 11 is 3.35. The van der Waals surface area contributed by atoms with Gasteiger partial charge in [0.15, 0.2) is 9.84 Å². The molecule has 0 unspecified atom stereocenters. The largest absolute Gasteiger partial charge is 0.321 e. The molecular formula is C15H12BrN5O3S. The molecule has 0 spiro atoms. The Morgan fingerprint density at radius 1 is 1.20 bits per heavy atom. The van der Waals surface area contributed by atoms with E-state index in [1.165, 1.54) is 12.1 Å². The number of sulfone groups is 1. The standard InChI is InChI=1S/C15H12BrN5O3S/c1-25(23,24)13-5-3-2-4-10(13)15(22)17-12-7-6-9(16)8-11(12)14-18-20-21-19-14/h2-8H,1H3,(H,17,22)(H,18,19,20,21). The summed E-state index contributed by atoms with van der Waals surface area (Å²) in [4.78, 5) is 12.6. The van der Waals surface area contributed by atoms with E-state index in [1.807, 2.05) is 0 Å². The van der Waals surface area contributed by atoms with Gasteiger partial charge in [0, 0.05) is 16.3 Å². The molecule has 0 aliphatic rings. The molecule has 0 atom stereocenters. The van der Waals surface area contributed by atoms with Crippen molar-refractivity contribution in [3.8, 4) is 11.4 Å². The molecule has 2 N–H and O–H groups in total. The van der Waals surface area contributed by atoms with Gasteiger partial charge in [0.1, 0.15) is 0 Å². The molecule has 0 saturated heterocycles. The van der Waals surface area contributed by atoms with Crippen molar-refractivity contribution in [1.29, 1.82) is 0 Å². The number of amides is 1. The van der Waals surface area contributed by atoms with Crippen molar-refractivity contribution in [3.05, 3.63) is 52.5 Å². The van der Waals surface area contributed by atoms with Crippen molar-refractivity contribution >= 4 is 37.4 Å². The number of rotatable bonds is 4. The fourth-order valence-electron chi connectivity index (χ4n) is 2.25. The predicted molar refractivity (Wildman–Crippen MR) is 94.8 cm³/mol. The highest BCUT2D eigenvalue weighted by atomic mass is 79.9. The number of carbonyl (C=O) groups is 1. The molecule has 1 amide bonds. The number of benzene rings is 2. The SMILES string of the molecule is CS(=O)(=O)c1ccccc1C(=O)Nc1ccc(Br)cc1-c1nn[nH]n1. The molecule has 8 nitrogen and oxygen atoms in total. The first-order valence-corrected chi connectivity index (χ1v) is 9.68. The average molecular weight is 422 g/mol. The third-order valence-electron chi connectivity index (χ3n) is 3.35. The van der Waals surface area contributed by atoms with Crippen LogP contribution in [0.4, 0.5) is 5.69 Å². The van der Waals surface area contributed by atoms with Gasteiger partial charge in [0.25, 0.3) is 5.91 Å². The molecule has 0 aliphatic carbocycles. The lowest BCUT2D eigenvalue weighted by Crippen LogP contribution is -2.16. The molecule has 0 fully saturated rings. The molecule has 25 heavy (non-hydrogen) atoms. The van der Waals surface area contributed by atoms with Crippen LogP contribution < -0.4 is 5.32 Å². The molecule has 3 rings (SSSR count). The lowest BCUT2D eigenvalue weighted by Gasteiger charge is -2.11. The van der Waals surface area contributed by atoms with Gasteiger partial charge in [0.05, 0.1) is 16.1 Å². The molecule has 0 aliphatic heterocycles. The van der Waals surface area contributed by atoms with Crippen molar-refractivity contribution in [2.45, 2.75) is 4.90 Å². The Morgan fingerprint density at radius 3 is 2.64 bits per heavy atom. The third kappa shape index (κ3) is 3.74. The second-order valence-corrected chi connectivity index (χ2v) is 8.05. The number of halogens is 1. The summed E-state index contributed by atoms with van der Waals surface area (Å²) < 4.78 is 24.5. The van der Waals surface area contributed by atoms with E-state index in [9.17, 15) is 13.2 Å². The first-order valence-electron chi connectivity index (χ1n) is 7.00. The fraction of sp³-hybridized carbons (Fsp3) is 0.0667. The Bertz CT molecular complexity index is 1040. The van der Waals surface area contributed by atoms with Gasteiger partial charge in [-0.25, -0.2) is 8.42 Å². The molecular weight excluding hydrogens is 410 g/mol. The van der Waals surface area contributed by atoms with Crippen LogP contribution in [0.3, 0.4) is 0 Å². The molecule has 0 radical (unpaired) electrons. The van der Waals surface area contributed by atoms with Crippen LogP contribution in [0.5, 0.6) is 0 Å². The summed E-state index contributed by atoms with van der Waals surface area (Å²) in [7, 11) is -3.54. The lowest BCUT2D eigenvalue weighted by molar-refractivity contribution is 0.102. The molecule has 0 saturated carbocycles. The van der Waals surface area contributed by atoms with Gasteiger partial charge in [-0.3, -0.25) is 4.79 Å². The van der Waals surface area contributed by atoms with Gasteiger partial charge in [-0.15, -0.1) is 10.2 Å². The van der Waals surface area contributed by atoms with Crippen molar-refractivity contribution in [2.75, 3.05) is 11.6 Å². The summed E-state index contributed by atoms with van der Waals surface area (Å²) in [6.07, 6.45) is 1.06. The summed E-state index contributed by atoms with van der Waals surface area (Å²) in [5.74, 6) is -0.249. The quantitative estimate of drug-likeness (QED) is 0.666. The zero-order chi connectivity index (χ0) is 18.0. The summed E-state index contributed by atoms with van der Waals surface area (Å²) in [5, 5.41) is 16.4. The predicted octanol–water partition coefficient (Wildman–Crippen LogP) is 2.28. The van der Waals surface area contributed by atoms with Crippen LogP contribution in [0.25, 0.3) is 11.4 Å². The minimum atomic E-state index is -3.54. The maximum absolute atomic E-state index is 12.6. The molecule has 1 heterocycles. The molecule has 3 aromatic rings.